The number of anilines is 3. The lowest BCUT2D eigenvalue weighted by atomic mass is 9.91. The molecule has 3 aromatic heterocycles. The molecule has 0 unspecified atom stereocenters. The number of pyridine rings is 1. The molecule has 18 heteroatoms. The number of methoxy groups -OCH3 is 2. The summed E-state index contributed by atoms with van der Waals surface area (Å²) >= 11 is 0.623. The Bertz CT molecular complexity index is 2230. The third-order valence-electron chi connectivity index (χ3n) is 9.42. The number of aromatic nitrogens is 3. The van der Waals surface area contributed by atoms with Crippen LogP contribution in [-0.2, 0) is 15.7 Å². The number of phenols is 1. The molecule has 6 N–H and O–H groups in total. The first-order chi connectivity index (χ1) is 25.2. The summed E-state index contributed by atoms with van der Waals surface area (Å²) in [7, 11) is 4.88. The topological polar surface area (TPSA) is 178 Å². The Morgan fingerprint density at radius 1 is 1.17 bits per heavy atom. The van der Waals surface area contributed by atoms with Gasteiger partial charge in [0.1, 0.15) is 51.5 Å². The van der Waals surface area contributed by atoms with Crippen molar-refractivity contribution in [3.05, 3.63) is 58.8 Å². The molecule has 1 fully saturated rings. The van der Waals surface area contributed by atoms with Crippen molar-refractivity contribution in [3.8, 4) is 29.0 Å². The molecule has 1 saturated heterocycles. The molecule has 0 saturated carbocycles. The van der Waals surface area contributed by atoms with Crippen LogP contribution in [-0.4, -0.2) is 77.6 Å². The first-order valence-electron chi connectivity index (χ1n) is 16.3. The van der Waals surface area contributed by atoms with Gasteiger partial charge in [0.15, 0.2) is 5.82 Å². The van der Waals surface area contributed by atoms with Crippen molar-refractivity contribution >= 4 is 49.0 Å². The predicted molar refractivity (Wildman–Crippen MR) is 189 cm³/mol. The van der Waals surface area contributed by atoms with E-state index in [-0.39, 0.29) is 51.6 Å². The van der Waals surface area contributed by atoms with Crippen LogP contribution in [0, 0.1) is 23.0 Å². The average Bonchev–Trinajstić information content (AvgIpc) is 3.66. The van der Waals surface area contributed by atoms with Gasteiger partial charge in [-0.3, -0.25) is 4.90 Å². The van der Waals surface area contributed by atoms with Crippen molar-refractivity contribution in [1.82, 2.24) is 19.9 Å². The Morgan fingerprint density at radius 3 is 2.58 bits per heavy atom. The monoisotopic (exact) mass is 758 g/mol. The summed E-state index contributed by atoms with van der Waals surface area (Å²) in [6.07, 6.45) is -3.97. The number of likely N-dealkylation sites (tertiary alicyclic amines) is 1. The minimum absolute atomic E-state index is 0.0942. The summed E-state index contributed by atoms with van der Waals surface area (Å²) in [6.45, 7) is 2.56. The molecule has 0 amide bonds. The molecule has 1 aliphatic rings. The molecule has 0 radical (unpaired) electrons. The number of thiophene rings is 1. The van der Waals surface area contributed by atoms with Crippen LogP contribution in [0.3, 0.4) is 0 Å². The summed E-state index contributed by atoms with van der Waals surface area (Å²) in [4.78, 5) is 14.8. The second kappa shape index (κ2) is 14.7. The van der Waals surface area contributed by atoms with Crippen molar-refractivity contribution in [3.63, 3.8) is 0 Å². The number of rotatable bonds is 11. The predicted octanol–water partition coefficient (Wildman–Crippen LogP) is 6.62. The van der Waals surface area contributed by atoms with Gasteiger partial charge in [0.05, 0.1) is 33.8 Å². The van der Waals surface area contributed by atoms with Crippen LogP contribution in [0.25, 0.3) is 32.1 Å². The zero-order valence-corrected chi connectivity index (χ0v) is 29.7. The number of nitrogen functional groups attached to an aromatic ring is 2. The average molecular weight is 759 g/mol. The van der Waals surface area contributed by atoms with Crippen molar-refractivity contribution < 1.29 is 41.3 Å². The second-order valence-corrected chi connectivity index (χ2v) is 13.6. The van der Waals surface area contributed by atoms with Crippen LogP contribution in [0.5, 0.6) is 11.8 Å². The Balaban J connectivity index is 1.66. The number of ether oxygens (including phenoxy) is 3. The SMILES string of the molecule is COCC[C@@H](Nc1nc(O[C@@H](C)[C@@H]2[C@@H](OC)CCN2C)nc2c(F)c(-c3ccc(F)c4sc(N)c(C#N)c34)c(C(F)(F)F)c(O)c12)c1cccnc1N. The molecular formula is C35H35F5N8O4S. The van der Waals surface area contributed by atoms with E-state index >= 15 is 17.6 Å². The summed E-state index contributed by atoms with van der Waals surface area (Å²) < 4.78 is 94.5. The molecular weight excluding hydrogens is 723 g/mol. The molecule has 5 aromatic rings. The summed E-state index contributed by atoms with van der Waals surface area (Å²) in [5.74, 6) is -4.18. The van der Waals surface area contributed by atoms with Gasteiger partial charge in [0.25, 0.3) is 0 Å². The number of nitrogens with one attached hydrogen (secondary N) is 1. The van der Waals surface area contributed by atoms with Gasteiger partial charge in [-0.1, -0.05) is 12.1 Å². The lowest BCUT2D eigenvalue weighted by molar-refractivity contribution is -0.138. The van der Waals surface area contributed by atoms with E-state index in [1.54, 1.807) is 32.2 Å². The number of nitrogens with two attached hydrogens (primary N) is 2. The largest absolute Gasteiger partial charge is 0.506 e. The molecule has 0 spiro atoms. The fourth-order valence-corrected chi connectivity index (χ4v) is 7.96. The minimum atomic E-state index is -5.39. The van der Waals surface area contributed by atoms with E-state index in [0.717, 1.165) is 12.1 Å². The third-order valence-corrected chi connectivity index (χ3v) is 10.4. The number of nitrogens with zero attached hydrogens (tertiary/aromatic N) is 5. The van der Waals surface area contributed by atoms with Gasteiger partial charge >= 0.3 is 12.2 Å². The maximum Gasteiger partial charge on any atom is 0.420 e. The van der Waals surface area contributed by atoms with Gasteiger partial charge in [-0.25, -0.2) is 13.8 Å². The number of likely N-dealkylation sites (N-methyl/N-ethyl adjacent to an activating group) is 1. The number of aromatic hydroxyl groups is 1. The van der Waals surface area contributed by atoms with Crippen molar-refractivity contribution in [2.45, 2.75) is 50.2 Å². The van der Waals surface area contributed by atoms with Gasteiger partial charge in [0, 0.05) is 50.1 Å². The van der Waals surface area contributed by atoms with Gasteiger partial charge < -0.3 is 36.1 Å². The maximum absolute atomic E-state index is 17.2. The number of fused-ring (bicyclic) bond motifs is 2. The fourth-order valence-electron chi connectivity index (χ4n) is 7.01. The first-order valence-corrected chi connectivity index (χ1v) is 17.1. The lowest BCUT2D eigenvalue weighted by Gasteiger charge is -2.30. The maximum atomic E-state index is 17.2. The van der Waals surface area contributed by atoms with E-state index in [0.29, 0.717) is 29.9 Å². The normalized spacial score (nSPS) is 17.7. The van der Waals surface area contributed by atoms with E-state index in [4.69, 9.17) is 25.7 Å². The molecule has 2 aromatic carbocycles. The smallest absolute Gasteiger partial charge is 0.420 e. The van der Waals surface area contributed by atoms with Crippen molar-refractivity contribution in [2.24, 2.45) is 0 Å². The Morgan fingerprint density at radius 2 is 1.92 bits per heavy atom. The molecule has 1 aliphatic heterocycles. The first kappa shape index (κ1) is 37.7. The molecule has 0 aliphatic carbocycles. The number of alkyl halides is 3. The van der Waals surface area contributed by atoms with Gasteiger partial charge in [-0.2, -0.15) is 28.4 Å². The van der Waals surface area contributed by atoms with Gasteiger partial charge in [-0.15, -0.1) is 11.3 Å². The van der Waals surface area contributed by atoms with Gasteiger partial charge in [-0.05, 0) is 44.5 Å². The quantitative estimate of drug-likeness (QED) is 0.106. The van der Waals surface area contributed by atoms with Crippen LogP contribution in [0.4, 0.5) is 38.6 Å². The highest BCUT2D eigenvalue weighted by atomic mass is 32.1. The minimum Gasteiger partial charge on any atom is -0.506 e. The van der Waals surface area contributed by atoms with Crippen LogP contribution >= 0.6 is 11.3 Å². The number of nitriles is 1. The van der Waals surface area contributed by atoms with Crippen LogP contribution < -0.4 is 21.5 Å². The van der Waals surface area contributed by atoms with Gasteiger partial charge in [0.2, 0.25) is 0 Å². The number of halogens is 5. The summed E-state index contributed by atoms with van der Waals surface area (Å²) in [5, 5.41) is 23.3. The van der Waals surface area contributed by atoms with E-state index in [9.17, 15) is 14.8 Å². The number of hydrogen-bond acceptors (Lipinski definition) is 13. The Labute approximate surface area is 304 Å². The highest BCUT2D eigenvalue weighted by molar-refractivity contribution is 7.23. The summed E-state index contributed by atoms with van der Waals surface area (Å²) in [6, 6.07) is 5.19. The molecule has 6 rings (SSSR count). The number of hydrogen-bond donors (Lipinski definition) is 4. The summed E-state index contributed by atoms with van der Waals surface area (Å²) in [5.41, 5.74) is 7.94. The Hall–Kier alpha value is -5.09. The van der Waals surface area contributed by atoms with Crippen molar-refractivity contribution in [1.29, 1.82) is 5.26 Å². The molecule has 280 valence electrons. The molecule has 4 heterocycles. The zero-order valence-electron chi connectivity index (χ0n) is 28.9. The lowest BCUT2D eigenvalue weighted by Crippen LogP contribution is -2.45. The number of phenolic OH excluding ortho intramolecular Hbond substituents is 1. The fraction of sp³-hybridized carbons (Fsp3) is 0.371. The molecule has 0 bridgehead atoms. The highest BCUT2D eigenvalue weighted by Gasteiger charge is 2.43. The standard InChI is InChI=1S/C35H35F5N8O4S/c1-15(28-21(51-4)9-12-48(28)2)52-34-46-27-24(33(47-34)45-20(10-13-50-3)16-6-5-11-44-31(16)42)29(49)25(35(38,39)40)23(26(27)37)17-7-8-19(36)30-22(17)18(14-41)32(43)53-30/h5-8,11,15,20-21,28,49H,9-10,12-13,43H2,1-4H3,(H2,42,44)(H,45,46,47)/t15-,20+,21-,28+/m0/s1. The van der Waals surface area contributed by atoms with Crippen LogP contribution in [0.1, 0.15) is 42.5 Å². The molecule has 4 atom stereocenters. The van der Waals surface area contributed by atoms with E-state index in [1.165, 1.54) is 13.3 Å². The van der Waals surface area contributed by atoms with E-state index in [2.05, 4.69) is 20.3 Å². The molecule has 53 heavy (non-hydrogen) atoms. The number of benzene rings is 2. The van der Waals surface area contributed by atoms with E-state index in [1.807, 2.05) is 11.9 Å². The molecule has 12 nitrogen and oxygen atoms in total. The van der Waals surface area contributed by atoms with Crippen LogP contribution in [0.15, 0.2) is 30.5 Å². The third kappa shape index (κ3) is 6.81. The second-order valence-electron chi connectivity index (χ2n) is 12.6. The van der Waals surface area contributed by atoms with Crippen LogP contribution in [0.2, 0.25) is 0 Å². The Kier molecular flexibility index (Phi) is 10.5. The van der Waals surface area contributed by atoms with E-state index < -0.39 is 75.1 Å². The highest BCUT2D eigenvalue weighted by Crippen LogP contribution is 2.52. The zero-order chi connectivity index (χ0) is 38.4. The van der Waals surface area contributed by atoms with Crippen molar-refractivity contribution in [2.75, 3.05) is 51.2 Å².